The summed E-state index contributed by atoms with van der Waals surface area (Å²) in [7, 11) is 0. The molecule has 0 aliphatic rings. The molecule has 0 radical (unpaired) electrons. The lowest BCUT2D eigenvalue weighted by Crippen LogP contribution is -2.61. The largest absolute Gasteiger partial charge is 0.395 e. The molecule has 166 valence electrons. The molecule has 4 N–H and O–H groups in total. The van der Waals surface area contributed by atoms with Crippen LogP contribution in [0.5, 0.6) is 0 Å². The van der Waals surface area contributed by atoms with Gasteiger partial charge < -0.3 is 15.9 Å². The molecule has 0 aliphatic carbocycles. The number of aliphatic hydroxyl groups excluding tert-OH is 1. The van der Waals surface area contributed by atoms with Gasteiger partial charge in [-0.25, -0.2) is 0 Å². The first-order chi connectivity index (χ1) is 13.4. The molecule has 5 heteroatoms. The van der Waals surface area contributed by atoms with Gasteiger partial charge in [0.25, 0.3) is 0 Å². The summed E-state index contributed by atoms with van der Waals surface area (Å²) in [4.78, 5) is 25.2. The summed E-state index contributed by atoms with van der Waals surface area (Å²) < 4.78 is 0. The van der Waals surface area contributed by atoms with Gasteiger partial charge in [0.05, 0.1) is 12.6 Å². The summed E-state index contributed by atoms with van der Waals surface area (Å²) in [5.74, 6) is -1.06. The van der Waals surface area contributed by atoms with Crippen molar-refractivity contribution < 1.29 is 19.8 Å². The second-order valence-corrected chi connectivity index (χ2v) is 8.14. The van der Waals surface area contributed by atoms with Crippen LogP contribution in [0.15, 0.2) is 0 Å². The number of carbonyl (C=O) groups is 2. The van der Waals surface area contributed by atoms with E-state index >= 15 is 0 Å². The molecule has 0 bridgehead atoms. The molecule has 0 saturated carbocycles. The number of carbonyl (C=O) groups excluding carboxylic acids is 2. The highest BCUT2D eigenvalue weighted by molar-refractivity contribution is 6.11. The van der Waals surface area contributed by atoms with Gasteiger partial charge >= 0.3 is 0 Å². The number of hydrogen-bond donors (Lipinski definition) is 3. The normalized spacial score (nSPS) is 12.9. The van der Waals surface area contributed by atoms with E-state index in [1.54, 1.807) is 0 Å². The zero-order chi connectivity index (χ0) is 21.3. The van der Waals surface area contributed by atoms with E-state index in [1.807, 2.05) is 0 Å². The van der Waals surface area contributed by atoms with Crippen molar-refractivity contribution in [2.24, 2.45) is 5.73 Å². The third-order valence-corrected chi connectivity index (χ3v) is 5.60. The number of nitrogens with two attached hydrogens (primary N) is 1. The maximum atomic E-state index is 12.6. The Morgan fingerprint density at radius 1 is 0.714 bits per heavy atom. The molecule has 0 aromatic heterocycles. The Hall–Kier alpha value is -0.780. The van der Waals surface area contributed by atoms with E-state index in [4.69, 9.17) is 5.73 Å². The van der Waals surface area contributed by atoms with Gasteiger partial charge in [-0.1, -0.05) is 90.9 Å². The summed E-state index contributed by atoms with van der Waals surface area (Å²) in [6, 6.07) is -1.25. The Balaban J connectivity index is 4.37. The van der Waals surface area contributed by atoms with E-state index in [0.717, 1.165) is 38.5 Å². The lowest BCUT2D eigenvalue weighted by Gasteiger charge is -2.30. The highest BCUT2D eigenvalue weighted by Gasteiger charge is 2.47. The molecule has 0 heterocycles. The van der Waals surface area contributed by atoms with Crippen LogP contribution in [0.4, 0.5) is 0 Å². The van der Waals surface area contributed by atoms with Crippen LogP contribution < -0.4 is 5.73 Å². The van der Waals surface area contributed by atoms with Gasteiger partial charge in [-0.3, -0.25) is 9.59 Å². The minimum absolute atomic E-state index is 0.140. The van der Waals surface area contributed by atoms with Crippen molar-refractivity contribution in [3.8, 4) is 0 Å². The van der Waals surface area contributed by atoms with Crippen LogP contribution in [0.3, 0.4) is 0 Å². The zero-order valence-electron chi connectivity index (χ0n) is 18.4. The first-order valence-electron chi connectivity index (χ1n) is 11.6. The van der Waals surface area contributed by atoms with Crippen LogP contribution >= 0.6 is 0 Å². The highest BCUT2D eigenvalue weighted by Crippen LogP contribution is 2.21. The van der Waals surface area contributed by atoms with Crippen molar-refractivity contribution >= 4 is 11.6 Å². The maximum Gasteiger partial charge on any atom is 0.198 e. The minimum atomic E-state index is -2.24. The molecule has 0 amide bonds. The van der Waals surface area contributed by atoms with Crippen molar-refractivity contribution in [1.82, 2.24) is 0 Å². The predicted octanol–water partition coefficient (Wildman–Crippen LogP) is 4.46. The molecular formula is C23H45NO4. The molecule has 0 rings (SSSR count). The van der Waals surface area contributed by atoms with Gasteiger partial charge in [0.1, 0.15) is 0 Å². The number of rotatable bonds is 20. The zero-order valence-corrected chi connectivity index (χ0v) is 18.4. The third-order valence-electron chi connectivity index (χ3n) is 5.60. The van der Waals surface area contributed by atoms with E-state index in [2.05, 4.69) is 13.8 Å². The number of Topliss-reactive ketones (excluding diaryl/α,β-unsaturated/α-hetero) is 2. The Morgan fingerprint density at radius 2 is 1.04 bits per heavy atom. The first-order valence-corrected chi connectivity index (χ1v) is 11.6. The molecule has 1 atom stereocenters. The summed E-state index contributed by atoms with van der Waals surface area (Å²) in [6.07, 6.45) is 15.1. The molecule has 0 spiro atoms. The van der Waals surface area contributed by atoms with Crippen molar-refractivity contribution in [3.05, 3.63) is 0 Å². The van der Waals surface area contributed by atoms with Crippen molar-refractivity contribution in [2.45, 2.75) is 128 Å². The Labute approximate surface area is 172 Å². The van der Waals surface area contributed by atoms with Gasteiger partial charge in [0.2, 0.25) is 0 Å². The monoisotopic (exact) mass is 399 g/mol. The molecule has 0 unspecified atom stereocenters. The van der Waals surface area contributed by atoms with Crippen molar-refractivity contribution in [3.63, 3.8) is 0 Å². The van der Waals surface area contributed by atoms with Crippen LogP contribution in [0.25, 0.3) is 0 Å². The summed E-state index contributed by atoms with van der Waals surface area (Å²) >= 11 is 0. The SMILES string of the molecule is CCCCCCCCCC(=O)C(O)(C(=O)CCCCCCCCC)[C@@H](N)CO. The molecule has 5 nitrogen and oxygen atoms in total. The number of aliphatic hydroxyl groups is 2. The summed E-state index contributed by atoms with van der Waals surface area (Å²) in [5.41, 5.74) is 3.55. The average Bonchev–Trinajstić information content (AvgIpc) is 2.70. The number of ketones is 2. The van der Waals surface area contributed by atoms with E-state index in [0.29, 0.717) is 12.8 Å². The molecule has 28 heavy (non-hydrogen) atoms. The lowest BCUT2D eigenvalue weighted by molar-refractivity contribution is -0.154. The van der Waals surface area contributed by atoms with Crippen LogP contribution in [-0.2, 0) is 9.59 Å². The van der Waals surface area contributed by atoms with E-state index < -0.39 is 29.8 Å². The molecule has 0 aromatic carbocycles. The van der Waals surface area contributed by atoms with Crippen molar-refractivity contribution in [1.29, 1.82) is 0 Å². The minimum Gasteiger partial charge on any atom is -0.395 e. The molecular weight excluding hydrogens is 354 g/mol. The number of unbranched alkanes of at least 4 members (excludes halogenated alkanes) is 12. The predicted molar refractivity (Wildman–Crippen MR) is 115 cm³/mol. The second kappa shape index (κ2) is 17.1. The van der Waals surface area contributed by atoms with Crippen molar-refractivity contribution in [2.75, 3.05) is 6.61 Å². The maximum absolute atomic E-state index is 12.6. The summed E-state index contributed by atoms with van der Waals surface area (Å²) in [6.45, 7) is 3.77. The first kappa shape index (κ1) is 27.2. The standard InChI is InChI=1S/C23H45NO4/c1-3-5-7-9-11-13-15-17-21(26)23(28,20(24)19-25)22(27)18-16-14-12-10-8-6-4-2/h20,25,28H,3-19,24H2,1-2H3/t20-/m0/s1. The fourth-order valence-corrected chi connectivity index (χ4v) is 3.57. The fraction of sp³-hybridized carbons (Fsp3) is 0.913. The third kappa shape index (κ3) is 10.7. The van der Waals surface area contributed by atoms with Gasteiger partial charge in [-0.2, -0.15) is 0 Å². The topological polar surface area (TPSA) is 101 Å². The van der Waals surface area contributed by atoms with Crippen LogP contribution in [0.2, 0.25) is 0 Å². The lowest BCUT2D eigenvalue weighted by atomic mass is 9.81. The Morgan fingerprint density at radius 3 is 1.36 bits per heavy atom. The van der Waals surface area contributed by atoms with Gasteiger partial charge in [0, 0.05) is 12.8 Å². The highest BCUT2D eigenvalue weighted by atomic mass is 16.3. The van der Waals surface area contributed by atoms with Gasteiger partial charge in [-0.15, -0.1) is 0 Å². The second-order valence-electron chi connectivity index (χ2n) is 8.14. The summed E-state index contributed by atoms with van der Waals surface area (Å²) in [5, 5.41) is 20.1. The number of hydrogen-bond acceptors (Lipinski definition) is 5. The van der Waals surface area contributed by atoms with E-state index in [-0.39, 0.29) is 12.8 Å². The smallest absolute Gasteiger partial charge is 0.198 e. The average molecular weight is 400 g/mol. The molecule has 0 aliphatic heterocycles. The molecule has 0 aromatic rings. The van der Waals surface area contributed by atoms with Crippen LogP contribution in [-0.4, -0.2) is 40.0 Å². The molecule has 0 fully saturated rings. The van der Waals surface area contributed by atoms with Crippen LogP contribution in [0.1, 0.15) is 117 Å². The fourth-order valence-electron chi connectivity index (χ4n) is 3.57. The van der Waals surface area contributed by atoms with Crippen LogP contribution in [0, 0.1) is 0 Å². The van der Waals surface area contributed by atoms with E-state index in [9.17, 15) is 19.8 Å². The van der Waals surface area contributed by atoms with Gasteiger partial charge in [0.15, 0.2) is 17.2 Å². The Kier molecular flexibility index (Phi) is 16.6. The van der Waals surface area contributed by atoms with Gasteiger partial charge in [-0.05, 0) is 12.8 Å². The Bertz CT molecular complexity index is 381. The quantitative estimate of drug-likeness (QED) is 0.207. The van der Waals surface area contributed by atoms with E-state index in [1.165, 1.54) is 38.5 Å². The molecule has 0 saturated heterocycles.